The van der Waals surface area contributed by atoms with Crippen molar-refractivity contribution in [2.45, 2.75) is 26.8 Å². The Balaban J connectivity index is 1.52. The third-order valence-electron chi connectivity index (χ3n) is 4.46. The number of hydrogen-bond acceptors (Lipinski definition) is 4. The molecule has 1 aromatic heterocycles. The topological polar surface area (TPSA) is 93.3 Å². The van der Waals surface area contributed by atoms with Gasteiger partial charge in [-0.15, -0.1) is 0 Å². The number of aromatic nitrogens is 1. The van der Waals surface area contributed by atoms with E-state index < -0.39 is 5.76 Å². The zero-order valence-corrected chi connectivity index (χ0v) is 15.2. The van der Waals surface area contributed by atoms with Crippen molar-refractivity contribution in [3.8, 4) is 0 Å². The number of benzene rings is 2. The summed E-state index contributed by atoms with van der Waals surface area (Å²) in [5.74, 6) is -1.12. The van der Waals surface area contributed by atoms with E-state index in [1.165, 1.54) is 4.57 Å². The molecular weight excluding hydrogens is 346 g/mol. The smallest absolute Gasteiger partial charge is 0.408 e. The van der Waals surface area contributed by atoms with Crippen molar-refractivity contribution in [1.82, 2.24) is 9.88 Å². The quantitative estimate of drug-likeness (QED) is 0.699. The number of nitrogens with one attached hydrogen (secondary N) is 2. The van der Waals surface area contributed by atoms with E-state index in [1.807, 2.05) is 32.0 Å². The number of fused-ring (bicyclic) bond motifs is 1. The summed E-state index contributed by atoms with van der Waals surface area (Å²) in [6.07, 6.45) is 0.0696. The standard InChI is InChI=1S/C20H21N3O4/c1-13-6-5-7-15(14(13)2)22-19(25)12-21-18(24)10-11-23-16-8-3-4-9-17(16)27-20(23)26/h3-9H,10-12H2,1-2H3,(H,21,24)(H,22,25). The lowest BCUT2D eigenvalue weighted by molar-refractivity contribution is -0.124. The number of oxazole rings is 1. The van der Waals surface area contributed by atoms with Crippen LogP contribution in [-0.4, -0.2) is 22.9 Å². The first kappa shape index (κ1) is 18.4. The molecular formula is C20H21N3O4. The Kier molecular flexibility index (Phi) is 5.40. The van der Waals surface area contributed by atoms with Crippen LogP contribution in [0, 0.1) is 13.8 Å². The van der Waals surface area contributed by atoms with E-state index in [4.69, 9.17) is 4.42 Å². The van der Waals surface area contributed by atoms with Crippen LogP contribution in [0.25, 0.3) is 11.1 Å². The van der Waals surface area contributed by atoms with Gasteiger partial charge in [0.2, 0.25) is 11.8 Å². The highest BCUT2D eigenvalue weighted by molar-refractivity contribution is 5.95. The minimum atomic E-state index is -0.503. The summed E-state index contributed by atoms with van der Waals surface area (Å²) in [5.41, 5.74) is 3.92. The Labute approximate surface area is 156 Å². The highest BCUT2D eigenvalue weighted by atomic mass is 16.4. The number of hydrogen-bond donors (Lipinski definition) is 2. The first-order chi connectivity index (χ1) is 13.0. The molecule has 2 N–H and O–H groups in total. The molecule has 7 nitrogen and oxygen atoms in total. The number of aryl methyl sites for hydroxylation is 2. The Bertz CT molecular complexity index is 1050. The van der Waals surface area contributed by atoms with Gasteiger partial charge in [0.25, 0.3) is 0 Å². The molecule has 3 aromatic rings. The monoisotopic (exact) mass is 367 g/mol. The zero-order chi connectivity index (χ0) is 19.4. The molecule has 0 saturated heterocycles. The van der Waals surface area contributed by atoms with Gasteiger partial charge < -0.3 is 15.1 Å². The van der Waals surface area contributed by atoms with Crippen molar-refractivity contribution >= 4 is 28.6 Å². The Hall–Kier alpha value is -3.35. The molecule has 0 aliphatic carbocycles. The average Bonchev–Trinajstić information content (AvgIpc) is 2.97. The lowest BCUT2D eigenvalue weighted by Crippen LogP contribution is -2.33. The van der Waals surface area contributed by atoms with E-state index in [9.17, 15) is 14.4 Å². The number of nitrogens with zero attached hydrogens (tertiary/aromatic N) is 1. The van der Waals surface area contributed by atoms with Crippen LogP contribution in [0.5, 0.6) is 0 Å². The van der Waals surface area contributed by atoms with Crippen LogP contribution in [-0.2, 0) is 16.1 Å². The van der Waals surface area contributed by atoms with Crippen LogP contribution in [0.2, 0.25) is 0 Å². The number of anilines is 1. The molecule has 0 aliphatic heterocycles. The minimum absolute atomic E-state index is 0.0696. The number of carbonyl (C=O) groups is 2. The first-order valence-corrected chi connectivity index (χ1v) is 8.67. The maximum absolute atomic E-state index is 12.0. The molecule has 140 valence electrons. The fraction of sp³-hybridized carbons (Fsp3) is 0.250. The van der Waals surface area contributed by atoms with Gasteiger partial charge in [-0.3, -0.25) is 14.2 Å². The second-order valence-corrected chi connectivity index (χ2v) is 6.31. The Morgan fingerprint density at radius 1 is 1.04 bits per heavy atom. The summed E-state index contributed by atoms with van der Waals surface area (Å²) in [4.78, 5) is 36.0. The molecule has 0 aliphatic rings. The highest BCUT2D eigenvalue weighted by Crippen LogP contribution is 2.17. The summed E-state index contributed by atoms with van der Waals surface area (Å²) in [7, 11) is 0. The first-order valence-electron chi connectivity index (χ1n) is 8.67. The van der Waals surface area contributed by atoms with E-state index in [0.717, 1.165) is 16.8 Å². The lowest BCUT2D eigenvalue weighted by atomic mass is 10.1. The largest absolute Gasteiger partial charge is 0.419 e. The Morgan fingerprint density at radius 2 is 1.81 bits per heavy atom. The van der Waals surface area contributed by atoms with Gasteiger partial charge in [0.15, 0.2) is 5.58 Å². The van der Waals surface area contributed by atoms with Crippen molar-refractivity contribution in [1.29, 1.82) is 0 Å². The molecule has 1 heterocycles. The van der Waals surface area contributed by atoms with Crippen molar-refractivity contribution in [2.24, 2.45) is 0 Å². The van der Waals surface area contributed by atoms with Crippen LogP contribution in [0.3, 0.4) is 0 Å². The van der Waals surface area contributed by atoms with Crippen LogP contribution in [0.4, 0.5) is 5.69 Å². The van der Waals surface area contributed by atoms with Gasteiger partial charge in [-0.05, 0) is 43.2 Å². The van der Waals surface area contributed by atoms with Crippen LogP contribution in [0.1, 0.15) is 17.5 Å². The van der Waals surface area contributed by atoms with Crippen molar-refractivity contribution in [2.75, 3.05) is 11.9 Å². The lowest BCUT2D eigenvalue weighted by Gasteiger charge is -2.11. The van der Waals surface area contributed by atoms with Crippen LogP contribution in [0.15, 0.2) is 51.7 Å². The second-order valence-electron chi connectivity index (χ2n) is 6.31. The maximum atomic E-state index is 12.0. The van der Waals surface area contributed by atoms with Crippen LogP contribution >= 0.6 is 0 Å². The number of carbonyl (C=O) groups excluding carboxylic acids is 2. The second kappa shape index (κ2) is 7.90. The molecule has 2 amide bonds. The normalized spacial score (nSPS) is 10.7. The van der Waals surface area contributed by atoms with Crippen molar-refractivity contribution in [3.05, 3.63) is 64.1 Å². The van der Waals surface area contributed by atoms with Crippen molar-refractivity contribution in [3.63, 3.8) is 0 Å². The SMILES string of the molecule is Cc1cccc(NC(=O)CNC(=O)CCn2c(=O)oc3ccccc32)c1C. The fourth-order valence-electron chi connectivity index (χ4n) is 2.79. The molecule has 0 saturated carbocycles. The average molecular weight is 367 g/mol. The highest BCUT2D eigenvalue weighted by Gasteiger charge is 2.12. The zero-order valence-electron chi connectivity index (χ0n) is 15.2. The van der Waals surface area contributed by atoms with Gasteiger partial charge in [0.1, 0.15) is 0 Å². The van der Waals surface area contributed by atoms with Gasteiger partial charge in [-0.1, -0.05) is 24.3 Å². The molecule has 7 heteroatoms. The molecule has 0 fully saturated rings. The van der Waals surface area contributed by atoms with E-state index in [2.05, 4.69) is 10.6 Å². The number of amides is 2. The predicted molar refractivity (Wildman–Crippen MR) is 103 cm³/mol. The molecule has 0 atom stereocenters. The van der Waals surface area contributed by atoms with E-state index in [1.54, 1.807) is 24.3 Å². The van der Waals surface area contributed by atoms with Gasteiger partial charge in [-0.2, -0.15) is 0 Å². The molecule has 0 bridgehead atoms. The summed E-state index contributed by atoms with van der Waals surface area (Å²) < 4.78 is 6.54. The minimum Gasteiger partial charge on any atom is -0.408 e. The summed E-state index contributed by atoms with van der Waals surface area (Å²) >= 11 is 0. The van der Waals surface area contributed by atoms with E-state index >= 15 is 0 Å². The number of rotatable bonds is 6. The molecule has 0 spiro atoms. The third kappa shape index (κ3) is 4.25. The summed E-state index contributed by atoms with van der Waals surface area (Å²) in [6.45, 7) is 3.94. The van der Waals surface area contributed by atoms with Gasteiger partial charge >= 0.3 is 5.76 Å². The van der Waals surface area contributed by atoms with E-state index in [0.29, 0.717) is 11.1 Å². The third-order valence-corrected chi connectivity index (χ3v) is 4.46. The molecule has 0 radical (unpaired) electrons. The molecule has 0 unspecified atom stereocenters. The molecule has 2 aromatic carbocycles. The van der Waals surface area contributed by atoms with Gasteiger partial charge in [0.05, 0.1) is 12.1 Å². The van der Waals surface area contributed by atoms with Gasteiger partial charge in [-0.25, -0.2) is 4.79 Å². The maximum Gasteiger partial charge on any atom is 0.419 e. The summed E-state index contributed by atoms with van der Waals surface area (Å²) in [6, 6.07) is 12.7. The van der Waals surface area contributed by atoms with Crippen LogP contribution < -0.4 is 16.4 Å². The molecule has 3 rings (SSSR count). The van der Waals surface area contributed by atoms with Gasteiger partial charge in [0, 0.05) is 18.7 Å². The van der Waals surface area contributed by atoms with E-state index in [-0.39, 0.29) is 31.3 Å². The summed E-state index contributed by atoms with van der Waals surface area (Å²) in [5, 5.41) is 5.36. The molecule has 27 heavy (non-hydrogen) atoms. The Morgan fingerprint density at radius 3 is 2.63 bits per heavy atom. The van der Waals surface area contributed by atoms with Crippen molar-refractivity contribution < 1.29 is 14.0 Å². The fourth-order valence-corrected chi connectivity index (χ4v) is 2.79. The number of para-hydroxylation sites is 2. The predicted octanol–water partition coefficient (Wildman–Crippen LogP) is 2.36.